The van der Waals surface area contributed by atoms with Gasteiger partial charge in [-0.25, -0.2) is 9.50 Å². The maximum atomic E-state index is 5.74. The zero-order valence-corrected chi connectivity index (χ0v) is 17.2. The molecule has 0 aliphatic carbocycles. The quantitative estimate of drug-likeness (QED) is 0.430. The van der Waals surface area contributed by atoms with Crippen LogP contribution in [-0.2, 0) is 0 Å². The lowest BCUT2D eigenvalue weighted by Gasteiger charge is -2.11. The van der Waals surface area contributed by atoms with Gasteiger partial charge in [0.2, 0.25) is 0 Å². The number of benzene rings is 2. The van der Waals surface area contributed by atoms with Crippen LogP contribution in [0.2, 0.25) is 0 Å². The van der Waals surface area contributed by atoms with Crippen molar-refractivity contribution >= 4 is 5.65 Å². The minimum atomic E-state index is 0.151. The Morgan fingerprint density at radius 2 is 1.24 bits per heavy atom. The van der Waals surface area contributed by atoms with Gasteiger partial charge >= 0.3 is 0 Å². The molecule has 5 heteroatoms. The normalized spacial score (nSPS) is 11.4. The molecule has 0 bridgehead atoms. The van der Waals surface area contributed by atoms with Crippen LogP contribution < -0.4 is 9.47 Å². The first-order chi connectivity index (χ1) is 14.0. The second-order valence-electron chi connectivity index (χ2n) is 7.51. The Bertz CT molecular complexity index is 1100. The van der Waals surface area contributed by atoms with E-state index in [1.54, 1.807) is 0 Å². The van der Waals surface area contributed by atoms with Gasteiger partial charge in [0, 0.05) is 11.1 Å². The van der Waals surface area contributed by atoms with Crippen molar-refractivity contribution in [1.82, 2.24) is 14.6 Å². The van der Waals surface area contributed by atoms with E-state index < -0.39 is 0 Å². The molecule has 0 unspecified atom stereocenters. The molecule has 0 N–H and O–H groups in total. The molecule has 2 aromatic carbocycles. The maximum Gasteiger partial charge on any atom is 0.154 e. The second-order valence-corrected chi connectivity index (χ2v) is 7.51. The number of aromatic nitrogens is 3. The number of ether oxygens (including phenoxy) is 2. The van der Waals surface area contributed by atoms with Crippen LogP contribution in [0.1, 0.15) is 27.7 Å². The summed E-state index contributed by atoms with van der Waals surface area (Å²) in [5, 5.41) is 4.83. The van der Waals surface area contributed by atoms with E-state index in [1.165, 1.54) is 0 Å². The van der Waals surface area contributed by atoms with Crippen LogP contribution in [0.15, 0.2) is 66.9 Å². The Morgan fingerprint density at radius 1 is 0.690 bits per heavy atom. The van der Waals surface area contributed by atoms with Crippen molar-refractivity contribution in [3.8, 4) is 34.0 Å². The van der Waals surface area contributed by atoms with E-state index in [-0.39, 0.29) is 12.2 Å². The van der Waals surface area contributed by atoms with Gasteiger partial charge < -0.3 is 9.47 Å². The van der Waals surface area contributed by atoms with Crippen LogP contribution in [0.4, 0.5) is 0 Å². The first kappa shape index (κ1) is 19.0. The van der Waals surface area contributed by atoms with Gasteiger partial charge in [-0.3, -0.25) is 0 Å². The summed E-state index contributed by atoms with van der Waals surface area (Å²) >= 11 is 0. The molecule has 0 saturated carbocycles. The molecule has 5 nitrogen and oxygen atoms in total. The first-order valence-corrected chi connectivity index (χ1v) is 9.88. The highest BCUT2D eigenvalue weighted by Crippen LogP contribution is 2.26. The topological polar surface area (TPSA) is 48.7 Å². The van der Waals surface area contributed by atoms with Gasteiger partial charge in [0.15, 0.2) is 5.65 Å². The first-order valence-electron chi connectivity index (χ1n) is 9.88. The lowest BCUT2D eigenvalue weighted by Crippen LogP contribution is -2.05. The summed E-state index contributed by atoms with van der Waals surface area (Å²) < 4.78 is 13.3. The molecule has 148 valence electrons. The van der Waals surface area contributed by atoms with Crippen molar-refractivity contribution in [3.05, 3.63) is 66.9 Å². The number of hydrogen-bond donors (Lipinski definition) is 0. The zero-order chi connectivity index (χ0) is 20.4. The van der Waals surface area contributed by atoms with E-state index in [2.05, 4.69) is 4.98 Å². The number of hydrogen-bond acceptors (Lipinski definition) is 4. The molecule has 0 amide bonds. The average molecular weight is 387 g/mol. The molecule has 2 aromatic heterocycles. The van der Waals surface area contributed by atoms with E-state index in [0.717, 1.165) is 39.7 Å². The molecule has 0 spiro atoms. The average Bonchev–Trinajstić information content (AvgIpc) is 3.11. The fourth-order valence-corrected chi connectivity index (χ4v) is 3.18. The molecule has 0 aliphatic heterocycles. The predicted molar refractivity (Wildman–Crippen MR) is 115 cm³/mol. The van der Waals surface area contributed by atoms with Gasteiger partial charge in [-0.05, 0) is 88.4 Å². The molecular formula is C24H25N3O2. The van der Waals surface area contributed by atoms with Crippen molar-refractivity contribution in [3.63, 3.8) is 0 Å². The molecule has 0 atom stereocenters. The fourth-order valence-electron chi connectivity index (χ4n) is 3.18. The van der Waals surface area contributed by atoms with Gasteiger partial charge in [-0.1, -0.05) is 0 Å². The number of fused-ring (bicyclic) bond motifs is 1. The number of nitrogens with zero attached hydrogens (tertiary/aromatic N) is 3. The largest absolute Gasteiger partial charge is 0.491 e. The van der Waals surface area contributed by atoms with Gasteiger partial charge in [0.25, 0.3) is 0 Å². The Morgan fingerprint density at radius 3 is 1.79 bits per heavy atom. The second kappa shape index (κ2) is 7.95. The van der Waals surface area contributed by atoms with E-state index in [1.807, 2.05) is 99.1 Å². The van der Waals surface area contributed by atoms with Gasteiger partial charge in [0.1, 0.15) is 11.5 Å². The Balaban J connectivity index is 1.66. The maximum absolute atomic E-state index is 5.74. The van der Waals surface area contributed by atoms with Gasteiger partial charge in [-0.2, -0.15) is 5.10 Å². The van der Waals surface area contributed by atoms with E-state index in [0.29, 0.717) is 0 Å². The SMILES string of the molecule is CC(C)Oc1ccc(-c2ccc3ncc(-c4ccc(OC(C)C)cc4)n3n2)cc1. The summed E-state index contributed by atoms with van der Waals surface area (Å²) in [5.41, 5.74) is 4.71. The molecule has 29 heavy (non-hydrogen) atoms. The molecule has 0 aliphatic rings. The van der Waals surface area contributed by atoms with Crippen molar-refractivity contribution in [2.45, 2.75) is 39.9 Å². The van der Waals surface area contributed by atoms with Crippen LogP contribution >= 0.6 is 0 Å². The highest BCUT2D eigenvalue weighted by molar-refractivity contribution is 5.66. The Labute approximate surface area is 170 Å². The summed E-state index contributed by atoms with van der Waals surface area (Å²) in [7, 11) is 0. The third-order valence-corrected chi connectivity index (χ3v) is 4.41. The van der Waals surface area contributed by atoms with Crippen molar-refractivity contribution in [2.75, 3.05) is 0 Å². The molecule has 0 saturated heterocycles. The van der Waals surface area contributed by atoms with E-state index >= 15 is 0 Å². The summed E-state index contributed by atoms with van der Waals surface area (Å²) in [6, 6.07) is 20.0. The Kier molecular flexibility index (Phi) is 5.21. The molecule has 0 fully saturated rings. The van der Waals surface area contributed by atoms with Crippen LogP contribution in [0, 0.1) is 0 Å². The van der Waals surface area contributed by atoms with E-state index in [4.69, 9.17) is 14.6 Å². The minimum Gasteiger partial charge on any atom is -0.491 e. The monoisotopic (exact) mass is 387 g/mol. The minimum absolute atomic E-state index is 0.151. The predicted octanol–water partition coefficient (Wildman–Crippen LogP) is 5.64. The van der Waals surface area contributed by atoms with Crippen LogP contribution in [0.5, 0.6) is 11.5 Å². The van der Waals surface area contributed by atoms with Crippen molar-refractivity contribution in [1.29, 1.82) is 0 Å². The van der Waals surface area contributed by atoms with Crippen LogP contribution in [0.25, 0.3) is 28.2 Å². The lowest BCUT2D eigenvalue weighted by molar-refractivity contribution is 0.242. The molecule has 2 heterocycles. The van der Waals surface area contributed by atoms with Crippen molar-refractivity contribution in [2.24, 2.45) is 0 Å². The zero-order valence-electron chi connectivity index (χ0n) is 17.2. The van der Waals surface area contributed by atoms with Crippen molar-refractivity contribution < 1.29 is 9.47 Å². The fraction of sp³-hybridized carbons (Fsp3) is 0.250. The highest BCUT2D eigenvalue weighted by atomic mass is 16.5. The molecular weight excluding hydrogens is 362 g/mol. The summed E-state index contributed by atoms with van der Waals surface area (Å²) in [6.45, 7) is 8.08. The lowest BCUT2D eigenvalue weighted by atomic mass is 10.1. The number of rotatable bonds is 6. The third kappa shape index (κ3) is 4.24. The van der Waals surface area contributed by atoms with Crippen LogP contribution in [0.3, 0.4) is 0 Å². The summed E-state index contributed by atoms with van der Waals surface area (Å²) in [6.07, 6.45) is 2.16. The van der Waals surface area contributed by atoms with Crippen LogP contribution in [-0.4, -0.2) is 26.8 Å². The Hall–Kier alpha value is -3.34. The summed E-state index contributed by atoms with van der Waals surface area (Å²) in [5.74, 6) is 1.71. The number of imidazole rings is 1. The summed E-state index contributed by atoms with van der Waals surface area (Å²) in [4.78, 5) is 4.50. The third-order valence-electron chi connectivity index (χ3n) is 4.41. The molecule has 0 radical (unpaired) electrons. The van der Waals surface area contributed by atoms with E-state index in [9.17, 15) is 0 Å². The van der Waals surface area contributed by atoms with Gasteiger partial charge in [-0.15, -0.1) is 0 Å². The smallest absolute Gasteiger partial charge is 0.154 e. The molecule has 4 rings (SSSR count). The molecule has 4 aromatic rings. The highest BCUT2D eigenvalue weighted by Gasteiger charge is 2.10. The van der Waals surface area contributed by atoms with Gasteiger partial charge in [0.05, 0.1) is 29.8 Å². The standard InChI is InChI=1S/C24H25N3O2/c1-16(2)28-20-9-5-18(6-10-20)22-13-14-24-25-15-23(27(24)26-22)19-7-11-21(12-8-19)29-17(3)4/h5-17H,1-4H3.